The van der Waals surface area contributed by atoms with Crippen molar-refractivity contribution in [1.82, 2.24) is 5.32 Å². The number of carbonyl (C=O) groups is 2. The number of phenols is 1. The van der Waals surface area contributed by atoms with Gasteiger partial charge in [-0.3, -0.25) is 9.59 Å². The summed E-state index contributed by atoms with van der Waals surface area (Å²) >= 11 is 0. The van der Waals surface area contributed by atoms with Gasteiger partial charge in [-0.15, -0.1) is 0 Å². The Balaban J connectivity index is 2.23. The zero-order valence-corrected chi connectivity index (χ0v) is 10.1. The van der Waals surface area contributed by atoms with Gasteiger partial charge >= 0.3 is 5.97 Å². The van der Waals surface area contributed by atoms with Crippen LogP contribution in [0.2, 0.25) is 0 Å². The van der Waals surface area contributed by atoms with Gasteiger partial charge in [0.1, 0.15) is 11.7 Å². The van der Waals surface area contributed by atoms with Crippen molar-refractivity contribution >= 4 is 11.9 Å². The van der Waals surface area contributed by atoms with Crippen molar-refractivity contribution in [1.29, 1.82) is 0 Å². The Labute approximate surface area is 105 Å². The molecule has 1 heterocycles. The zero-order valence-electron chi connectivity index (χ0n) is 10.1. The first-order valence-electron chi connectivity index (χ1n) is 5.86. The van der Waals surface area contributed by atoms with Crippen LogP contribution >= 0.6 is 0 Å². The van der Waals surface area contributed by atoms with Gasteiger partial charge in [0.05, 0.1) is 6.61 Å². The van der Waals surface area contributed by atoms with Crippen LogP contribution in [0.1, 0.15) is 18.4 Å². The summed E-state index contributed by atoms with van der Waals surface area (Å²) in [6.07, 6.45) is 0. The number of rotatable bonds is 3. The van der Waals surface area contributed by atoms with Crippen LogP contribution in [-0.2, 0) is 14.3 Å². The lowest BCUT2D eigenvalue weighted by Gasteiger charge is -2.15. The van der Waals surface area contributed by atoms with Crippen molar-refractivity contribution in [3.63, 3.8) is 0 Å². The molecule has 18 heavy (non-hydrogen) atoms. The molecule has 5 nitrogen and oxygen atoms in total. The van der Waals surface area contributed by atoms with E-state index in [1.807, 2.05) is 0 Å². The maximum Gasteiger partial charge on any atom is 0.319 e. The van der Waals surface area contributed by atoms with Crippen molar-refractivity contribution in [3.05, 3.63) is 29.8 Å². The number of ether oxygens (including phenoxy) is 1. The second kappa shape index (κ2) is 5.08. The van der Waals surface area contributed by atoms with E-state index in [4.69, 9.17) is 4.74 Å². The van der Waals surface area contributed by atoms with Crippen LogP contribution in [0.4, 0.5) is 0 Å². The summed E-state index contributed by atoms with van der Waals surface area (Å²) in [7, 11) is 0. The molecule has 0 aliphatic carbocycles. The molecule has 2 rings (SSSR count). The fourth-order valence-corrected chi connectivity index (χ4v) is 2.16. The monoisotopic (exact) mass is 249 g/mol. The van der Waals surface area contributed by atoms with Crippen molar-refractivity contribution in [2.75, 3.05) is 13.2 Å². The molecule has 1 aliphatic heterocycles. The molecule has 0 radical (unpaired) electrons. The first-order chi connectivity index (χ1) is 8.63. The van der Waals surface area contributed by atoms with E-state index in [1.54, 1.807) is 31.2 Å². The first kappa shape index (κ1) is 12.4. The van der Waals surface area contributed by atoms with Gasteiger partial charge in [0.25, 0.3) is 0 Å². The number of hydrogen-bond donors (Lipinski definition) is 2. The SMILES string of the molecule is CCOC(=O)C1C(=O)NCC1c1ccc(O)cc1. The van der Waals surface area contributed by atoms with Crippen LogP contribution in [-0.4, -0.2) is 30.1 Å². The number of phenolic OH excluding ortho intramolecular Hbond substituents is 1. The van der Waals surface area contributed by atoms with E-state index in [0.29, 0.717) is 6.54 Å². The van der Waals surface area contributed by atoms with Crippen LogP contribution in [0.3, 0.4) is 0 Å². The molecule has 2 unspecified atom stereocenters. The van der Waals surface area contributed by atoms with Gasteiger partial charge in [0, 0.05) is 12.5 Å². The third kappa shape index (κ3) is 2.30. The van der Waals surface area contributed by atoms with Gasteiger partial charge < -0.3 is 15.2 Å². The molecule has 0 saturated carbocycles. The maximum absolute atomic E-state index is 11.8. The number of benzene rings is 1. The maximum atomic E-state index is 11.8. The molecule has 0 spiro atoms. The second-order valence-corrected chi connectivity index (χ2v) is 4.17. The summed E-state index contributed by atoms with van der Waals surface area (Å²) in [5.41, 5.74) is 0.837. The molecular weight excluding hydrogens is 234 g/mol. The highest BCUT2D eigenvalue weighted by Gasteiger charge is 2.41. The lowest BCUT2D eigenvalue weighted by molar-refractivity contribution is -0.151. The molecule has 1 fully saturated rings. The lowest BCUT2D eigenvalue weighted by atomic mass is 9.88. The third-order valence-electron chi connectivity index (χ3n) is 3.04. The average Bonchev–Trinajstić information content (AvgIpc) is 2.72. The highest BCUT2D eigenvalue weighted by Crippen LogP contribution is 2.30. The number of nitrogens with one attached hydrogen (secondary N) is 1. The van der Waals surface area contributed by atoms with Crippen LogP contribution in [0.15, 0.2) is 24.3 Å². The van der Waals surface area contributed by atoms with Crippen molar-refractivity contribution in [2.24, 2.45) is 5.92 Å². The van der Waals surface area contributed by atoms with Gasteiger partial charge in [-0.1, -0.05) is 12.1 Å². The lowest BCUT2D eigenvalue weighted by Crippen LogP contribution is -2.28. The number of amides is 1. The number of carbonyl (C=O) groups excluding carboxylic acids is 2. The molecule has 1 saturated heterocycles. The summed E-state index contributed by atoms with van der Waals surface area (Å²) in [6.45, 7) is 2.37. The molecule has 5 heteroatoms. The minimum Gasteiger partial charge on any atom is -0.508 e. The van der Waals surface area contributed by atoms with Crippen molar-refractivity contribution < 1.29 is 19.4 Å². The molecule has 1 aliphatic rings. The molecule has 2 N–H and O–H groups in total. The predicted octanol–water partition coefficient (Wildman–Crippen LogP) is 0.785. The molecule has 1 aromatic rings. The fraction of sp³-hybridized carbons (Fsp3) is 0.385. The topological polar surface area (TPSA) is 75.6 Å². The Morgan fingerprint density at radius 1 is 1.44 bits per heavy atom. The Morgan fingerprint density at radius 2 is 2.11 bits per heavy atom. The van der Waals surface area contributed by atoms with Crippen LogP contribution in [0.5, 0.6) is 5.75 Å². The zero-order chi connectivity index (χ0) is 13.1. The standard InChI is InChI=1S/C13H15NO4/c1-2-18-13(17)11-10(7-14-12(11)16)8-3-5-9(15)6-4-8/h3-6,10-11,15H,2,7H2,1H3,(H,14,16). The van der Waals surface area contributed by atoms with Gasteiger partial charge in [0.2, 0.25) is 5.91 Å². The molecular formula is C13H15NO4. The summed E-state index contributed by atoms with van der Waals surface area (Å²) in [5.74, 6) is -1.67. The summed E-state index contributed by atoms with van der Waals surface area (Å²) < 4.78 is 4.92. The number of hydrogen-bond acceptors (Lipinski definition) is 4. The largest absolute Gasteiger partial charge is 0.508 e. The molecule has 96 valence electrons. The van der Waals surface area contributed by atoms with E-state index in [2.05, 4.69) is 5.32 Å². The normalized spacial score (nSPS) is 22.6. The van der Waals surface area contributed by atoms with Crippen LogP contribution in [0, 0.1) is 5.92 Å². The Bertz CT molecular complexity index is 455. The van der Waals surface area contributed by atoms with E-state index in [-0.39, 0.29) is 24.2 Å². The van der Waals surface area contributed by atoms with Gasteiger partial charge in [-0.2, -0.15) is 0 Å². The highest BCUT2D eigenvalue weighted by atomic mass is 16.5. The molecule has 2 atom stereocenters. The van der Waals surface area contributed by atoms with E-state index in [1.165, 1.54) is 0 Å². The second-order valence-electron chi connectivity index (χ2n) is 4.17. The highest BCUT2D eigenvalue weighted by molar-refractivity contribution is 6.00. The fourth-order valence-electron chi connectivity index (χ4n) is 2.16. The van der Waals surface area contributed by atoms with E-state index >= 15 is 0 Å². The summed E-state index contributed by atoms with van der Waals surface area (Å²) in [4.78, 5) is 23.5. The van der Waals surface area contributed by atoms with Crippen molar-refractivity contribution in [3.8, 4) is 5.75 Å². The smallest absolute Gasteiger partial charge is 0.319 e. The third-order valence-corrected chi connectivity index (χ3v) is 3.04. The van der Waals surface area contributed by atoms with E-state index in [9.17, 15) is 14.7 Å². The first-order valence-corrected chi connectivity index (χ1v) is 5.86. The van der Waals surface area contributed by atoms with Gasteiger partial charge in [-0.05, 0) is 24.6 Å². The van der Waals surface area contributed by atoms with E-state index in [0.717, 1.165) is 5.56 Å². The molecule has 0 aromatic heterocycles. The predicted molar refractivity (Wildman–Crippen MR) is 64.0 cm³/mol. The van der Waals surface area contributed by atoms with Gasteiger partial charge in [-0.25, -0.2) is 0 Å². The van der Waals surface area contributed by atoms with Crippen LogP contribution in [0.25, 0.3) is 0 Å². The minimum absolute atomic E-state index is 0.156. The Hall–Kier alpha value is -2.04. The quantitative estimate of drug-likeness (QED) is 0.613. The molecule has 1 aromatic carbocycles. The van der Waals surface area contributed by atoms with E-state index < -0.39 is 11.9 Å². The Kier molecular flexibility index (Phi) is 3.50. The number of aromatic hydroxyl groups is 1. The molecule has 1 amide bonds. The van der Waals surface area contributed by atoms with Crippen LogP contribution < -0.4 is 5.32 Å². The average molecular weight is 249 g/mol. The number of esters is 1. The van der Waals surface area contributed by atoms with Gasteiger partial charge in [0.15, 0.2) is 0 Å². The van der Waals surface area contributed by atoms with Crippen molar-refractivity contribution in [2.45, 2.75) is 12.8 Å². The summed E-state index contributed by atoms with van der Waals surface area (Å²) in [5, 5.41) is 11.9. The molecule has 0 bridgehead atoms. The Morgan fingerprint density at radius 3 is 2.72 bits per heavy atom. The minimum atomic E-state index is -0.797. The summed E-state index contributed by atoms with van der Waals surface area (Å²) in [6, 6.07) is 6.51.